The first-order chi connectivity index (χ1) is 8.16. The Kier molecular flexibility index (Phi) is 3.12. The molecule has 2 rings (SSSR count). The molecule has 1 aliphatic rings. The number of carboxylic acids is 1. The number of hydrogen-bond donors (Lipinski definition) is 2. The average Bonchev–Trinajstić information content (AvgIpc) is 2.79. The van der Waals surface area contributed by atoms with E-state index in [1.165, 1.54) is 0 Å². The van der Waals surface area contributed by atoms with Crippen molar-refractivity contribution in [1.29, 1.82) is 5.26 Å². The number of carboxylic acid groups (broad SMARTS) is 1. The van der Waals surface area contributed by atoms with Crippen molar-refractivity contribution in [3.8, 4) is 6.07 Å². The van der Waals surface area contributed by atoms with Gasteiger partial charge in [-0.15, -0.1) is 0 Å². The number of benzene rings is 1. The quantitative estimate of drug-likeness (QED) is 0.821. The first kappa shape index (κ1) is 11.6. The van der Waals surface area contributed by atoms with Crippen LogP contribution >= 0.6 is 0 Å². The highest BCUT2D eigenvalue weighted by Crippen LogP contribution is 2.24. The van der Waals surface area contributed by atoms with Gasteiger partial charge in [-0.1, -0.05) is 12.1 Å². The zero-order valence-electron chi connectivity index (χ0n) is 9.44. The van der Waals surface area contributed by atoms with Gasteiger partial charge >= 0.3 is 5.97 Å². The lowest BCUT2D eigenvalue weighted by molar-refractivity contribution is -0.144. The molecule has 0 radical (unpaired) electrons. The van der Waals surface area contributed by atoms with Crippen molar-refractivity contribution < 1.29 is 9.90 Å². The Bertz CT molecular complexity index is 471. The predicted molar refractivity (Wildman–Crippen MR) is 62.5 cm³/mol. The van der Waals surface area contributed by atoms with Gasteiger partial charge in [-0.05, 0) is 37.1 Å². The molecule has 1 saturated heterocycles. The number of nitrogens with one attached hydrogen (secondary N) is 1. The summed E-state index contributed by atoms with van der Waals surface area (Å²) in [5.41, 5.74) is 0.607. The first-order valence-electron chi connectivity index (χ1n) is 5.64. The summed E-state index contributed by atoms with van der Waals surface area (Å²) in [7, 11) is 0. The van der Waals surface area contributed by atoms with Crippen molar-refractivity contribution in [1.82, 2.24) is 5.32 Å². The topological polar surface area (TPSA) is 73.1 Å². The monoisotopic (exact) mass is 230 g/mol. The van der Waals surface area contributed by atoms with Crippen LogP contribution in [0.15, 0.2) is 24.3 Å². The van der Waals surface area contributed by atoms with E-state index >= 15 is 0 Å². The zero-order chi connectivity index (χ0) is 12.3. The second-order valence-corrected chi connectivity index (χ2v) is 4.41. The lowest BCUT2D eigenvalue weighted by Gasteiger charge is -2.24. The molecule has 0 bridgehead atoms. The Labute approximate surface area is 99.9 Å². The van der Waals surface area contributed by atoms with Gasteiger partial charge in [0.1, 0.15) is 5.54 Å². The second kappa shape index (κ2) is 4.56. The third kappa shape index (κ3) is 2.29. The van der Waals surface area contributed by atoms with Gasteiger partial charge in [-0.2, -0.15) is 5.26 Å². The molecule has 1 aromatic rings. The van der Waals surface area contributed by atoms with Crippen molar-refractivity contribution in [3.63, 3.8) is 0 Å². The van der Waals surface area contributed by atoms with Gasteiger partial charge in [0.25, 0.3) is 0 Å². The first-order valence-corrected chi connectivity index (χ1v) is 5.64. The van der Waals surface area contributed by atoms with E-state index in [9.17, 15) is 9.90 Å². The highest BCUT2D eigenvalue weighted by atomic mass is 16.4. The summed E-state index contributed by atoms with van der Waals surface area (Å²) in [5, 5.41) is 21.2. The fraction of sp³-hybridized carbons (Fsp3) is 0.385. The van der Waals surface area contributed by atoms with Crippen molar-refractivity contribution in [2.24, 2.45) is 0 Å². The Morgan fingerprint density at radius 1 is 1.59 bits per heavy atom. The molecule has 17 heavy (non-hydrogen) atoms. The van der Waals surface area contributed by atoms with Gasteiger partial charge in [0.05, 0.1) is 11.6 Å². The highest BCUT2D eigenvalue weighted by Gasteiger charge is 2.40. The lowest BCUT2D eigenvalue weighted by atomic mass is 9.89. The number of carbonyl (C=O) groups is 1. The fourth-order valence-electron chi connectivity index (χ4n) is 2.31. The highest BCUT2D eigenvalue weighted by molar-refractivity contribution is 5.79. The van der Waals surface area contributed by atoms with E-state index in [4.69, 9.17) is 5.26 Å². The molecule has 1 fully saturated rings. The summed E-state index contributed by atoms with van der Waals surface area (Å²) >= 11 is 0. The zero-order valence-corrected chi connectivity index (χ0v) is 9.44. The molecular formula is C13H14N2O2. The molecule has 0 saturated carbocycles. The molecule has 0 aliphatic carbocycles. The minimum Gasteiger partial charge on any atom is -0.480 e. The van der Waals surface area contributed by atoms with Gasteiger partial charge in [0.2, 0.25) is 0 Å². The molecule has 2 N–H and O–H groups in total. The maximum absolute atomic E-state index is 11.4. The molecule has 1 atom stereocenters. The summed E-state index contributed by atoms with van der Waals surface area (Å²) in [4.78, 5) is 11.4. The second-order valence-electron chi connectivity index (χ2n) is 4.41. The predicted octanol–water partition coefficient (Wildman–Crippen LogP) is 1.31. The molecule has 88 valence electrons. The molecule has 0 amide bonds. The summed E-state index contributed by atoms with van der Waals surface area (Å²) in [5.74, 6) is -0.808. The van der Waals surface area contributed by atoms with Crippen LogP contribution in [0.4, 0.5) is 0 Å². The average molecular weight is 230 g/mol. The van der Waals surface area contributed by atoms with Crippen LogP contribution in [-0.4, -0.2) is 23.2 Å². The van der Waals surface area contributed by atoms with Crippen LogP contribution in [0.1, 0.15) is 24.0 Å². The van der Waals surface area contributed by atoms with Gasteiger partial charge in [-0.25, -0.2) is 0 Å². The number of rotatable bonds is 3. The van der Waals surface area contributed by atoms with Gasteiger partial charge < -0.3 is 10.4 Å². The van der Waals surface area contributed by atoms with E-state index < -0.39 is 11.5 Å². The molecule has 1 aliphatic heterocycles. The van der Waals surface area contributed by atoms with Crippen LogP contribution in [0.2, 0.25) is 0 Å². The maximum atomic E-state index is 11.4. The number of aliphatic carboxylic acids is 1. The maximum Gasteiger partial charge on any atom is 0.324 e. The molecule has 4 heteroatoms. The van der Waals surface area contributed by atoms with E-state index in [1.54, 1.807) is 18.2 Å². The number of nitriles is 1. The third-order valence-corrected chi connectivity index (χ3v) is 3.22. The van der Waals surface area contributed by atoms with Crippen molar-refractivity contribution in [2.45, 2.75) is 24.8 Å². The minimum absolute atomic E-state index is 0.428. The molecule has 1 heterocycles. The Morgan fingerprint density at radius 3 is 3.00 bits per heavy atom. The summed E-state index contributed by atoms with van der Waals surface area (Å²) < 4.78 is 0. The van der Waals surface area contributed by atoms with Crippen LogP contribution in [0.5, 0.6) is 0 Å². The van der Waals surface area contributed by atoms with Crippen LogP contribution in [0.3, 0.4) is 0 Å². The Morgan fingerprint density at radius 2 is 2.41 bits per heavy atom. The molecule has 1 aromatic carbocycles. The minimum atomic E-state index is -0.853. The van der Waals surface area contributed by atoms with Gasteiger partial charge in [-0.3, -0.25) is 4.79 Å². The molecule has 0 spiro atoms. The molecule has 0 aromatic heterocycles. The molecule has 4 nitrogen and oxygen atoms in total. The van der Waals surface area contributed by atoms with E-state index in [0.717, 1.165) is 18.5 Å². The van der Waals surface area contributed by atoms with Crippen LogP contribution in [0.25, 0.3) is 0 Å². The SMILES string of the molecule is N#Cc1cccc(CC2(C(=O)O)CCCN2)c1. The smallest absolute Gasteiger partial charge is 0.324 e. The summed E-state index contributed by atoms with van der Waals surface area (Å²) in [6.07, 6.45) is 1.95. The van der Waals surface area contributed by atoms with Crippen molar-refractivity contribution in [3.05, 3.63) is 35.4 Å². The van der Waals surface area contributed by atoms with E-state index in [0.29, 0.717) is 18.4 Å². The van der Waals surface area contributed by atoms with Crippen molar-refractivity contribution >= 4 is 5.97 Å². The Balaban J connectivity index is 2.24. The lowest BCUT2D eigenvalue weighted by Crippen LogP contribution is -2.49. The van der Waals surface area contributed by atoms with Crippen LogP contribution in [-0.2, 0) is 11.2 Å². The van der Waals surface area contributed by atoms with Crippen molar-refractivity contribution in [2.75, 3.05) is 6.54 Å². The van der Waals surface area contributed by atoms with Gasteiger partial charge in [0.15, 0.2) is 0 Å². The number of hydrogen-bond acceptors (Lipinski definition) is 3. The largest absolute Gasteiger partial charge is 0.480 e. The van der Waals surface area contributed by atoms with E-state index in [-0.39, 0.29) is 0 Å². The molecular weight excluding hydrogens is 216 g/mol. The standard InChI is InChI=1S/C13H14N2O2/c14-9-11-4-1-3-10(7-11)8-13(12(16)17)5-2-6-15-13/h1,3-4,7,15H,2,5-6,8H2,(H,16,17). The molecule has 1 unspecified atom stereocenters. The third-order valence-electron chi connectivity index (χ3n) is 3.22. The fourth-order valence-corrected chi connectivity index (χ4v) is 2.31. The van der Waals surface area contributed by atoms with Gasteiger partial charge in [0, 0.05) is 6.42 Å². The summed E-state index contributed by atoms with van der Waals surface area (Å²) in [6, 6.07) is 9.20. The van der Waals surface area contributed by atoms with Crippen LogP contribution in [0, 0.1) is 11.3 Å². The van der Waals surface area contributed by atoms with Crippen LogP contribution < -0.4 is 5.32 Å². The summed E-state index contributed by atoms with van der Waals surface area (Å²) in [6.45, 7) is 0.740. The van der Waals surface area contributed by atoms with E-state index in [2.05, 4.69) is 11.4 Å². The normalized spacial score (nSPS) is 23.2. The Hall–Kier alpha value is -1.86. The van der Waals surface area contributed by atoms with E-state index in [1.807, 2.05) is 6.07 Å². The number of nitrogens with zero attached hydrogens (tertiary/aromatic N) is 1.